The predicted molar refractivity (Wildman–Crippen MR) is 78.2 cm³/mol. The molecule has 0 saturated carbocycles. The molecule has 2 rings (SSSR count). The van der Waals surface area contributed by atoms with Gasteiger partial charge < -0.3 is 10.2 Å². The van der Waals surface area contributed by atoms with Gasteiger partial charge in [-0.2, -0.15) is 0 Å². The highest BCUT2D eigenvalue weighted by Gasteiger charge is 2.39. The number of nitrogens with zero attached hydrogens (tertiary/aromatic N) is 2. The molecule has 1 N–H and O–H groups in total. The summed E-state index contributed by atoms with van der Waals surface area (Å²) in [6, 6.07) is -0.352. The molecule has 114 valence electrons. The van der Waals surface area contributed by atoms with Crippen molar-refractivity contribution in [1.29, 1.82) is 0 Å². The topological polar surface area (TPSA) is 52.7 Å². The quantitative estimate of drug-likeness (QED) is 0.733. The Bertz CT molecular complexity index is 364. The zero-order chi connectivity index (χ0) is 14.7. The molecule has 0 spiro atoms. The third-order valence-electron chi connectivity index (χ3n) is 4.18. The number of carbonyl (C=O) groups is 2. The number of likely N-dealkylation sites (tertiary alicyclic amines) is 2. The smallest absolute Gasteiger partial charge is 0.247 e. The highest BCUT2D eigenvalue weighted by atomic mass is 16.2. The largest absolute Gasteiger partial charge is 0.305 e. The Morgan fingerprint density at radius 2 is 1.85 bits per heavy atom. The second kappa shape index (κ2) is 6.68. The van der Waals surface area contributed by atoms with Crippen LogP contribution in [0.15, 0.2) is 0 Å². The van der Waals surface area contributed by atoms with E-state index < -0.39 is 0 Å². The predicted octanol–water partition coefficient (Wildman–Crippen LogP) is 0.844. The summed E-state index contributed by atoms with van der Waals surface area (Å²) in [6.07, 6.45) is 2.92. The van der Waals surface area contributed by atoms with Gasteiger partial charge in [0.25, 0.3) is 0 Å². The first kappa shape index (κ1) is 15.4. The second-order valence-electron chi connectivity index (χ2n) is 6.47. The first-order chi connectivity index (χ1) is 9.49. The summed E-state index contributed by atoms with van der Waals surface area (Å²) >= 11 is 0. The number of nitrogens with one attached hydrogen (secondary N) is 1. The van der Waals surface area contributed by atoms with Crippen molar-refractivity contribution in [1.82, 2.24) is 15.1 Å². The molecule has 2 aliphatic heterocycles. The van der Waals surface area contributed by atoms with E-state index in [9.17, 15) is 9.59 Å². The van der Waals surface area contributed by atoms with Crippen LogP contribution in [0.4, 0.5) is 0 Å². The molecule has 0 aromatic carbocycles. The van der Waals surface area contributed by atoms with E-state index in [0.29, 0.717) is 12.3 Å². The SMILES string of the molecule is CC(CNC1CC(=O)N(C(C)C)C1=O)CN1CCCC1. The lowest BCUT2D eigenvalue weighted by Gasteiger charge is -2.22. The molecule has 5 heteroatoms. The van der Waals surface area contributed by atoms with E-state index >= 15 is 0 Å². The molecule has 2 aliphatic rings. The van der Waals surface area contributed by atoms with Gasteiger partial charge in [-0.05, 0) is 52.2 Å². The molecular weight excluding hydrogens is 254 g/mol. The van der Waals surface area contributed by atoms with E-state index in [1.165, 1.54) is 30.8 Å². The molecule has 0 bridgehead atoms. The van der Waals surface area contributed by atoms with Crippen LogP contribution in [0.5, 0.6) is 0 Å². The Hall–Kier alpha value is -0.940. The second-order valence-corrected chi connectivity index (χ2v) is 6.47. The maximum Gasteiger partial charge on any atom is 0.247 e. The lowest BCUT2D eigenvalue weighted by molar-refractivity contribution is -0.140. The molecule has 0 aromatic heterocycles. The summed E-state index contributed by atoms with van der Waals surface area (Å²) in [5, 5.41) is 3.28. The highest BCUT2D eigenvalue weighted by molar-refractivity contribution is 6.05. The third-order valence-corrected chi connectivity index (χ3v) is 4.18. The molecule has 20 heavy (non-hydrogen) atoms. The van der Waals surface area contributed by atoms with Gasteiger partial charge in [0.15, 0.2) is 0 Å². The van der Waals surface area contributed by atoms with Gasteiger partial charge in [-0.3, -0.25) is 14.5 Å². The van der Waals surface area contributed by atoms with Crippen LogP contribution in [-0.4, -0.2) is 59.9 Å². The van der Waals surface area contributed by atoms with Crippen molar-refractivity contribution >= 4 is 11.8 Å². The molecule has 2 unspecified atom stereocenters. The van der Waals surface area contributed by atoms with Gasteiger partial charge in [0.1, 0.15) is 0 Å². The van der Waals surface area contributed by atoms with Crippen molar-refractivity contribution in [2.75, 3.05) is 26.2 Å². The van der Waals surface area contributed by atoms with E-state index in [2.05, 4.69) is 17.1 Å². The molecule has 2 heterocycles. The first-order valence-electron chi connectivity index (χ1n) is 7.80. The standard InChI is InChI=1S/C15H27N3O2/c1-11(2)18-14(19)8-13(15(18)20)16-9-12(3)10-17-6-4-5-7-17/h11-13,16H,4-10H2,1-3H3. The highest BCUT2D eigenvalue weighted by Crippen LogP contribution is 2.16. The zero-order valence-electron chi connectivity index (χ0n) is 12.9. The summed E-state index contributed by atoms with van der Waals surface area (Å²) in [5.41, 5.74) is 0. The molecular formula is C15H27N3O2. The number of imide groups is 1. The van der Waals surface area contributed by atoms with Gasteiger partial charge in [-0.25, -0.2) is 0 Å². The summed E-state index contributed by atoms with van der Waals surface area (Å²) in [4.78, 5) is 27.8. The van der Waals surface area contributed by atoms with Crippen LogP contribution in [-0.2, 0) is 9.59 Å². The van der Waals surface area contributed by atoms with Crippen molar-refractivity contribution in [2.24, 2.45) is 5.92 Å². The van der Waals surface area contributed by atoms with E-state index in [0.717, 1.165) is 13.1 Å². The van der Waals surface area contributed by atoms with Crippen LogP contribution in [0.25, 0.3) is 0 Å². The maximum absolute atomic E-state index is 12.1. The van der Waals surface area contributed by atoms with Gasteiger partial charge in [0.05, 0.1) is 12.5 Å². The number of carbonyl (C=O) groups excluding carboxylic acids is 2. The summed E-state index contributed by atoms with van der Waals surface area (Å²) in [6.45, 7) is 10.2. The van der Waals surface area contributed by atoms with E-state index in [1.807, 2.05) is 13.8 Å². The van der Waals surface area contributed by atoms with Gasteiger partial charge in [-0.15, -0.1) is 0 Å². The normalized spacial score (nSPS) is 26.0. The number of hydrogen-bond acceptors (Lipinski definition) is 4. The lowest BCUT2D eigenvalue weighted by atomic mass is 10.1. The van der Waals surface area contributed by atoms with Crippen LogP contribution < -0.4 is 5.32 Å². The average Bonchev–Trinajstić information content (AvgIpc) is 2.95. The zero-order valence-corrected chi connectivity index (χ0v) is 12.9. The molecule has 0 radical (unpaired) electrons. The minimum Gasteiger partial charge on any atom is -0.305 e. The fraction of sp³-hybridized carbons (Fsp3) is 0.867. The Kier molecular flexibility index (Phi) is 5.16. The van der Waals surface area contributed by atoms with Crippen LogP contribution >= 0.6 is 0 Å². The van der Waals surface area contributed by atoms with Gasteiger partial charge >= 0.3 is 0 Å². The lowest BCUT2D eigenvalue weighted by Crippen LogP contribution is -2.43. The molecule has 2 saturated heterocycles. The maximum atomic E-state index is 12.1. The number of amides is 2. The Morgan fingerprint density at radius 3 is 2.40 bits per heavy atom. The Balaban J connectivity index is 1.76. The van der Waals surface area contributed by atoms with Crippen LogP contribution in [0.3, 0.4) is 0 Å². The van der Waals surface area contributed by atoms with Crippen LogP contribution in [0.1, 0.15) is 40.0 Å². The molecule has 0 aliphatic carbocycles. The van der Waals surface area contributed by atoms with Crippen molar-refractivity contribution < 1.29 is 9.59 Å². The van der Waals surface area contributed by atoms with Crippen LogP contribution in [0.2, 0.25) is 0 Å². The van der Waals surface area contributed by atoms with Crippen molar-refractivity contribution in [2.45, 2.75) is 52.1 Å². The Morgan fingerprint density at radius 1 is 1.20 bits per heavy atom. The third kappa shape index (κ3) is 3.58. The first-order valence-corrected chi connectivity index (χ1v) is 7.80. The van der Waals surface area contributed by atoms with Gasteiger partial charge in [0, 0.05) is 12.6 Å². The van der Waals surface area contributed by atoms with Gasteiger partial charge in [0.2, 0.25) is 11.8 Å². The number of hydrogen-bond donors (Lipinski definition) is 1. The molecule has 2 fully saturated rings. The minimum atomic E-state index is -0.314. The average molecular weight is 281 g/mol. The fourth-order valence-electron chi connectivity index (χ4n) is 3.17. The van der Waals surface area contributed by atoms with E-state index in [1.54, 1.807) is 0 Å². The van der Waals surface area contributed by atoms with Crippen molar-refractivity contribution in [3.63, 3.8) is 0 Å². The van der Waals surface area contributed by atoms with Crippen LogP contribution in [0, 0.1) is 5.92 Å². The molecule has 0 aromatic rings. The number of rotatable bonds is 6. The van der Waals surface area contributed by atoms with Gasteiger partial charge in [-0.1, -0.05) is 6.92 Å². The molecule has 5 nitrogen and oxygen atoms in total. The molecule has 2 atom stereocenters. The van der Waals surface area contributed by atoms with E-state index in [4.69, 9.17) is 0 Å². The summed E-state index contributed by atoms with van der Waals surface area (Å²) < 4.78 is 0. The Labute approximate surface area is 121 Å². The fourth-order valence-corrected chi connectivity index (χ4v) is 3.17. The monoisotopic (exact) mass is 281 g/mol. The summed E-state index contributed by atoms with van der Waals surface area (Å²) in [5.74, 6) is 0.400. The summed E-state index contributed by atoms with van der Waals surface area (Å²) in [7, 11) is 0. The van der Waals surface area contributed by atoms with Crippen molar-refractivity contribution in [3.8, 4) is 0 Å². The van der Waals surface area contributed by atoms with E-state index in [-0.39, 0.29) is 23.9 Å². The van der Waals surface area contributed by atoms with Crippen molar-refractivity contribution in [3.05, 3.63) is 0 Å². The molecule has 2 amide bonds. The minimum absolute atomic E-state index is 0.0381.